The van der Waals surface area contributed by atoms with Gasteiger partial charge in [-0.3, -0.25) is 4.79 Å². The van der Waals surface area contributed by atoms with Crippen LogP contribution < -0.4 is 5.32 Å². The van der Waals surface area contributed by atoms with Crippen molar-refractivity contribution in [3.8, 4) is 0 Å². The summed E-state index contributed by atoms with van der Waals surface area (Å²) in [6.07, 6.45) is 2.76. The van der Waals surface area contributed by atoms with Gasteiger partial charge >= 0.3 is 5.97 Å². The lowest BCUT2D eigenvalue weighted by molar-refractivity contribution is -0.156. The zero-order chi connectivity index (χ0) is 13.8. The van der Waals surface area contributed by atoms with Gasteiger partial charge in [-0.2, -0.15) is 0 Å². The number of carbonyl (C=O) groups excluding carboxylic acids is 1. The first-order chi connectivity index (χ1) is 8.47. The smallest absolute Gasteiger partial charge is 0.329 e. The van der Waals surface area contributed by atoms with Gasteiger partial charge in [0.25, 0.3) is 0 Å². The lowest BCUT2D eigenvalue weighted by Crippen LogP contribution is -2.55. The number of aliphatic carboxylic acids is 1. The number of hydrogen-bond acceptors (Lipinski definition) is 3. The first-order valence-corrected chi connectivity index (χ1v) is 6.75. The Kier molecular flexibility index (Phi) is 5.14. The number of rotatable bonds is 6. The van der Waals surface area contributed by atoms with E-state index in [0.29, 0.717) is 19.4 Å². The molecule has 1 rings (SSSR count). The molecule has 5 nitrogen and oxygen atoms in total. The molecule has 0 bridgehead atoms. The van der Waals surface area contributed by atoms with Gasteiger partial charge in [0.1, 0.15) is 5.54 Å². The minimum absolute atomic E-state index is 0.1000. The molecule has 0 saturated carbocycles. The van der Waals surface area contributed by atoms with Gasteiger partial charge in [0.05, 0.1) is 6.54 Å². The maximum Gasteiger partial charge on any atom is 0.329 e. The van der Waals surface area contributed by atoms with Gasteiger partial charge in [0, 0.05) is 12.6 Å². The topological polar surface area (TPSA) is 69.6 Å². The Hall–Kier alpha value is -1.10. The molecule has 1 aliphatic heterocycles. The van der Waals surface area contributed by atoms with E-state index in [1.165, 1.54) is 0 Å². The average molecular weight is 256 g/mol. The molecule has 2 N–H and O–H groups in total. The van der Waals surface area contributed by atoms with E-state index in [1.807, 2.05) is 20.8 Å². The Bertz CT molecular complexity index is 319. The predicted molar refractivity (Wildman–Crippen MR) is 69.4 cm³/mol. The second-order valence-corrected chi connectivity index (χ2v) is 5.03. The molecule has 0 aromatic rings. The van der Waals surface area contributed by atoms with Crippen molar-refractivity contribution in [3.05, 3.63) is 0 Å². The Morgan fingerprint density at radius 1 is 1.44 bits per heavy atom. The zero-order valence-corrected chi connectivity index (χ0v) is 11.5. The van der Waals surface area contributed by atoms with Crippen LogP contribution >= 0.6 is 0 Å². The van der Waals surface area contributed by atoms with Crippen LogP contribution in [0.5, 0.6) is 0 Å². The molecule has 2 atom stereocenters. The number of carboxylic acids is 1. The number of nitrogens with one attached hydrogen (secondary N) is 1. The Balaban J connectivity index is 2.69. The normalized spacial score (nSPS) is 25.2. The van der Waals surface area contributed by atoms with E-state index < -0.39 is 11.5 Å². The summed E-state index contributed by atoms with van der Waals surface area (Å²) in [7, 11) is 0. The molecule has 0 aromatic heterocycles. The Morgan fingerprint density at radius 3 is 2.61 bits per heavy atom. The van der Waals surface area contributed by atoms with Crippen LogP contribution in [0.3, 0.4) is 0 Å². The monoisotopic (exact) mass is 256 g/mol. The van der Waals surface area contributed by atoms with Crippen LogP contribution in [0.4, 0.5) is 0 Å². The molecule has 5 heteroatoms. The first-order valence-electron chi connectivity index (χ1n) is 6.75. The Labute approximate surface area is 109 Å². The maximum absolute atomic E-state index is 12.1. The SMILES string of the molecule is CCC(C)NCC(=O)N1CCCC1(CC)C(=O)O. The number of hydrogen-bond donors (Lipinski definition) is 2. The van der Waals surface area contributed by atoms with E-state index in [2.05, 4.69) is 5.32 Å². The van der Waals surface area contributed by atoms with Gasteiger partial charge in [-0.1, -0.05) is 13.8 Å². The molecule has 1 amide bonds. The van der Waals surface area contributed by atoms with Gasteiger partial charge in [-0.15, -0.1) is 0 Å². The van der Waals surface area contributed by atoms with Gasteiger partial charge in [-0.25, -0.2) is 4.79 Å². The molecule has 104 valence electrons. The molecule has 0 radical (unpaired) electrons. The largest absolute Gasteiger partial charge is 0.479 e. The van der Waals surface area contributed by atoms with Crippen LogP contribution in [-0.2, 0) is 9.59 Å². The highest BCUT2D eigenvalue weighted by Crippen LogP contribution is 2.32. The molecule has 0 spiro atoms. The maximum atomic E-state index is 12.1. The molecule has 1 aliphatic rings. The van der Waals surface area contributed by atoms with Crippen molar-refractivity contribution in [1.82, 2.24) is 10.2 Å². The summed E-state index contributed by atoms with van der Waals surface area (Å²) < 4.78 is 0. The van der Waals surface area contributed by atoms with Crippen LogP contribution in [0, 0.1) is 0 Å². The lowest BCUT2D eigenvalue weighted by atomic mass is 9.93. The fraction of sp³-hybridized carbons (Fsp3) is 0.846. The summed E-state index contributed by atoms with van der Waals surface area (Å²) >= 11 is 0. The van der Waals surface area contributed by atoms with Crippen molar-refractivity contribution in [2.75, 3.05) is 13.1 Å². The lowest BCUT2D eigenvalue weighted by Gasteiger charge is -2.34. The van der Waals surface area contributed by atoms with Gasteiger partial charge in [-0.05, 0) is 32.6 Å². The zero-order valence-electron chi connectivity index (χ0n) is 11.5. The highest BCUT2D eigenvalue weighted by Gasteiger charge is 2.48. The van der Waals surface area contributed by atoms with Gasteiger partial charge in [0.15, 0.2) is 0 Å². The molecule has 0 aliphatic carbocycles. The fourth-order valence-electron chi connectivity index (χ4n) is 2.48. The molecular formula is C13H24N2O3. The third-order valence-corrected chi connectivity index (χ3v) is 3.99. The minimum atomic E-state index is -0.978. The molecule has 1 heterocycles. The summed E-state index contributed by atoms with van der Waals surface area (Å²) in [5.41, 5.74) is -0.978. The molecule has 2 unspecified atom stereocenters. The van der Waals surface area contributed by atoms with Crippen LogP contribution in [-0.4, -0.2) is 46.6 Å². The summed E-state index contributed by atoms with van der Waals surface area (Å²) in [6.45, 7) is 6.68. The van der Waals surface area contributed by atoms with Crippen molar-refractivity contribution >= 4 is 11.9 Å². The van der Waals surface area contributed by atoms with E-state index in [1.54, 1.807) is 4.90 Å². The summed E-state index contributed by atoms with van der Waals surface area (Å²) in [6, 6.07) is 0.275. The van der Waals surface area contributed by atoms with Crippen molar-refractivity contribution in [1.29, 1.82) is 0 Å². The molecule has 0 aromatic carbocycles. The summed E-state index contributed by atoms with van der Waals surface area (Å²) in [5, 5.41) is 12.5. The van der Waals surface area contributed by atoms with Crippen molar-refractivity contribution in [3.63, 3.8) is 0 Å². The van der Waals surface area contributed by atoms with Crippen LogP contribution in [0.15, 0.2) is 0 Å². The minimum Gasteiger partial charge on any atom is -0.479 e. The fourth-order valence-corrected chi connectivity index (χ4v) is 2.48. The third kappa shape index (κ3) is 2.83. The standard InChI is InChI=1S/C13H24N2O3/c1-4-10(3)14-9-11(16)15-8-6-7-13(15,5-2)12(17)18/h10,14H,4-9H2,1-3H3,(H,17,18). The van der Waals surface area contributed by atoms with Gasteiger partial charge < -0.3 is 15.3 Å². The number of carbonyl (C=O) groups is 2. The number of likely N-dealkylation sites (tertiary alicyclic amines) is 1. The second-order valence-electron chi connectivity index (χ2n) is 5.03. The van der Waals surface area contributed by atoms with Crippen molar-refractivity contribution in [2.24, 2.45) is 0 Å². The van der Waals surface area contributed by atoms with E-state index in [-0.39, 0.29) is 18.5 Å². The highest BCUT2D eigenvalue weighted by atomic mass is 16.4. The molecule has 18 heavy (non-hydrogen) atoms. The van der Waals surface area contributed by atoms with Crippen LogP contribution in [0.25, 0.3) is 0 Å². The average Bonchev–Trinajstić information content (AvgIpc) is 2.80. The first kappa shape index (κ1) is 15.0. The molecule has 1 fully saturated rings. The van der Waals surface area contributed by atoms with E-state index in [4.69, 9.17) is 0 Å². The van der Waals surface area contributed by atoms with Gasteiger partial charge in [0.2, 0.25) is 5.91 Å². The molecule has 1 saturated heterocycles. The number of carboxylic acid groups (broad SMARTS) is 1. The highest BCUT2D eigenvalue weighted by molar-refractivity contribution is 5.88. The van der Waals surface area contributed by atoms with Crippen molar-refractivity contribution < 1.29 is 14.7 Å². The summed E-state index contributed by atoms with van der Waals surface area (Å²) in [5.74, 6) is -0.976. The second kappa shape index (κ2) is 6.18. The van der Waals surface area contributed by atoms with Crippen LogP contribution in [0.2, 0.25) is 0 Å². The predicted octanol–water partition coefficient (Wildman–Crippen LogP) is 1.23. The quantitative estimate of drug-likeness (QED) is 0.750. The van der Waals surface area contributed by atoms with E-state index in [9.17, 15) is 14.7 Å². The van der Waals surface area contributed by atoms with Crippen LogP contribution in [0.1, 0.15) is 46.5 Å². The van der Waals surface area contributed by atoms with E-state index >= 15 is 0 Å². The number of amides is 1. The van der Waals surface area contributed by atoms with Crippen molar-refractivity contribution in [2.45, 2.75) is 58.0 Å². The molecular weight excluding hydrogens is 232 g/mol. The third-order valence-electron chi connectivity index (χ3n) is 3.99. The summed E-state index contributed by atoms with van der Waals surface area (Å²) in [4.78, 5) is 25.1. The van der Waals surface area contributed by atoms with E-state index in [0.717, 1.165) is 12.8 Å². The number of nitrogens with zero attached hydrogens (tertiary/aromatic N) is 1. The Morgan fingerprint density at radius 2 is 2.11 bits per heavy atom.